The average molecular weight is 436 g/mol. The molecule has 1 saturated heterocycles. The molecule has 2 aliphatic heterocycles. The number of aryl methyl sites for hydroxylation is 1. The molecule has 2 heterocycles. The summed E-state index contributed by atoms with van der Waals surface area (Å²) in [4.78, 5) is 41.0. The third kappa shape index (κ3) is 4.61. The molecule has 7 nitrogen and oxygen atoms in total. The van der Waals surface area contributed by atoms with Crippen molar-refractivity contribution in [1.82, 2.24) is 10.2 Å². The molecule has 1 fully saturated rings. The molecule has 168 valence electrons. The van der Waals surface area contributed by atoms with Crippen LogP contribution in [0.25, 0.3) is 0 Å². The van der Waals surface area contributed by atoms with Crippen molar-refractivity contribution in [1.29, 1.82) is 0 Å². The largest absolute Gasteiger partial charge is 0.497 e. The number of imide groups is 1. The second-order valence-corrected chi connectivity index (χ2v) is 8.44. The zero-order chi connectivity index (χ0) is 22.7. The van der Waals surface area contributed by atoms with Crippen molar-refractivity contribution >= 4 is 23.4 Å². The van der Waals surface area contributed by atoms with E-state index in [1.54, 1.807) is 19.2 Å². The molecular formula is C25H29N3O4. The Hall–Kier alpha value is -3.35. The van der Waals surface area contributed by atoms with Gasteiger partial charge in [0.15, 0.2) is 0 Å². The van der Waals surface area contributed by atoms with Crippen molar-refractivity contribution in [2.75, 3.05) is 31.6 Å². The van der Waals surface area contributed by atoms with Gasteiger partial charge in [-0.25, -0.2) is 0 Å². The van der Waals surface area contributed by atoms with Gasteiger partial charge in [-0.1, -0.05) is 11.6 Å². The minimum absolute atomic E-state index is 0.0275. The summed E-state index contributed by atoms with van der Waals surface area (Å²) in [5, 5.41) is 3.11. The Morgan fingerprint density at radius 1 is 1.03 bits per heavy atom. The smallest absolute Gasteiger partial charge is 0.261 e. The van der Waals surface area contributed by atoms with Gasteiger partial charge in [0.25, 0.3) is 11.8 Å². The molecule has 2 aromatic carbocycles. The van der Waals surface area contributed by atoms with Crippen molar-refractivity contribution < 1.29 is 19.1 Å². The van der Waals surface area contributed by atoms with E-state index in [2.05, 4.69) is 22.3 Å². The van der Waals surface area contributed by atoms with Crippen LogP contribution < -0.4 is 15.0 Å². The first-order chi connectivity index (χ1) is 15.5. The Kier molecular flexibility index (Phi) is 6.44. The number of amides is 3. The second-order valence-electron chi connectivity index (χ2n) is 8.44. The average Bonchev–Trinajstić information content (AvgIpc) is 3.04. The molecule has 0 atom stereocenters. The standard InChI is InChI=1S/C25H29N3O4/c1-17-5-10-21-22(16-17)25(31)28(24(21)30)13-3-4-23(29)26-18-11-14-27(15-12-18)19-6-8-20(32-2)9-7-19/h5-10,16,18H,3-4,11-15H2,1-2H3,(H,26,29). The van der Waals surface area contributed by atoms with Gasteiger partial charge in [-0.15, -0.1) is 0 Å². The lowest BCUT2D eigenvalue weighted by Crippen LogP contribution is -2.44. The predicted octanol–water partition coefficient (Wildman–Crippen LogP) is 3.17. The summed E-state index contributed by atoms with van der Waals surface area (Å²) in [7, 11) is 1.66. The lowest BCUT2D eigenvalue weighted by atomic mass is 10.0. The van der Waals surface area contributed by atoms with Crippen molar-refractivity contribution in [2.45, 2.75) is 38.6 Å². The summed E-state index contributed by atoms with van der Waals surface area (Å²) in [6, 6.07) is 13.5. The number of piperidine rings is 1. The molecule has 1 N–H and O–H groups in total. The molecule has 2 aliphatic rings. The maximum absolute atomic E-state index is 12.5. The van der Waals surface area contributed by atoms with Gasteiger partial charge in [-0.3, -0.25) is 19.3 Å². The number of ether oxygens (including phenoxy) is 1. The molecule has 7 heteroatoms. The Morgan fingerprint density at radius 3 is 2.41 bits per heavy atom. The molecule has 32 heavy (non-hydrogen) atoms. The molecule has 0 aliphatic carbocycles. The van der Waals surface area contributed by atoms with Gasteiger partial charge in [-0.2, -0.15) is 0 Å². The van der Waals surface area contributed by atoms with Crippen molar-refractivity contribution in [3.05, 3.63) is 59.2 Å². The molecule has 4 rings (SSSR count). The Bertz CT molecular complexity index is 1010. The topological polar surface area (TPSA) is 79.0 Å². The highest BCUT2D eigenvalue weighted by atomic mass is 16.5. The lowest BCUT2D eigenvalue weighted by molar-refractivity contribution is -0.122. The highest BCUT2D eigenvalue weighted by Crippen LogP contribution is 2.25. The van der Waals surface area contributed by atoms with E-state index in [9.17, 15) is 14.4 Å². The maximum atomic E-state index is 12.5. The molecular weight excluding hydrogens is 406 g/mol. The van der Waals surface area contributed by atoms with E-state index < -0.39 is 0 Å². The van der Waals surface area contributed by atoms with E-state index in [0.29, 0.717) is 24.0 Å². The Morgan fingerprint density at radius 2 is 1.72 bits per heavy atom. The predicted molar refractivity (Wildman–Crippen MR) is 122 cm³/mol. The highest BCUT2D eigenvalue weighted by molar-refractivity contribution is 6.21. The molecule has 0 radical (unpaired) electrons. The molecule has 0 spiro atoms. The maximum Gasteiger partial charge on any atom is 0.261 e. The van der Waals surface area contributed by atoms with Gasteiger partial charge in [0.2, 0.25) is 5.91 Å². The van der Waals surface area contributed by atoms with Gasteiger partial charge in [-0.05, 0) is 62.6 Å². The summed E-state index contributed by atoms with van der Waals surface area (Å²) >= 11 is 0. The number of anilines is 1. The van der Waals surface area contributed by atoms with Crippen LogP contribution in [0.1, 0.15) is 52.0 Å². The minimum Gasteiger partial charge on any atom is -0.497 e. The van der Waals surface area contributed by atoms with E-state index >= 15 is 0 Å². The van der Waals surface area contributed by atoms with Crippen LogP contribution in [0.5, 0.6) is 5.75 Å². The third-order valence-electron chi connectivity index (χ3n) is 6.21. The van der Waals surface area contributed by atoms with Crippen molar-refractivity contribution in [3.63, 3.8) is 0 Å². The normalized spacial score (nSPS) is 16.3. The van der Waals surface area contributed by atoms with Crippen LogP contribution in [0.3, 0.4) is 0 Å². The zero-order valence-electron chi connectivity index (χ0n) is 18.6. The Labute approximate surface area is 188 Å². The van der Waals surface area contributed by atoms with Crippen LogP contribution in [0.15, 0.2) is 42.5 Å². The quantitative estimate of drug-likeness (QED) is 0.676. The van der Waals surface area contributed by atoms with E-state index in [4.69, 9.17) is 4.74 Å². The number of hydrogen-bond acceptors (Lipinski definition) is 5. The molecule has 0 unspecified atom stereocenters. The van der Waals surface area contributed by atoms with E-state index in [1.165, 1.54) is 4.90 Å². The van der Waals surface area contributed by atoms with Crippen LogP contribution in [0.2, 0.25) is 0 Å². The molecule has 0 bridgehead atoms. The fourth-order valence-electron chi connectivity index (χ4n) is 4.38. The lowest BCUT2D eigenvalue weighted by Gasteiger charge is -2.34. The highest BCUT2D eigenvalue weighted by Gasteiger charge is 2.35. The summed E-state index contributed by atoms with van der Waals surface area (Å²) in [5.41, 5.74) is 3.02. The number of carbonyl (C=O) groups is 3. The van der Waals surface area contributed by atoms with E-state index in [0.717, 1.165) is 42.9 Å². The summed E-state index contributed by atoms with van der Waals surface area (Å²) in [5.74, 6) is 0.281. The zero-order valence-corrected chi connectivity index (χ0v) is 18.6. The first kappa shape index (κ1) is 21.9. The molecule has 3 amide bonds. The van der Waals surface area contributed by atoms with Gasteiger partial charge in [0, 0.05) is 37.8 Å². The van der Waals surface area contributed by atoms with Crippen LogP contribution in [0, 0.1) is 6.92 Å². The van der Waals surface area contributed by atoms with Crippen LogP contribution in [-0.2, 0) is 4.79 Å². The van der Waals surface area contributed by atoms with Crippen LogP contribution >= 0.6 is 0 Å². The van der Waals surface area contributed by atoms with Crippen LogP contribution in [-0.4, -0.2) is 55.4 Å². The van der Waals surface area contributed by atoms with Gasteiger partial charge in [0.05, 0.1) is 18.2 Å². The monoisotopic (exact) mass is 435 g/mol. The first-order valence-electron chi connectivity index (χ1n) is 11.1. The number of fused-ring (bicyclic) bond motifs is 1. The summed E-state index contributed by atoms with van der Waals surface area (Å²) in [6.07, 6.45) is 2.52. The fraction of sp³-hybridized carbons (Fsp3) is 0.400. The number of hydrogen-bond donors (Lipinski definition) is 1. The van der Waals surface area contributed by atoms with Gasteiger partial charge in [0.1, 0.15) is 5.75 Å². The van der Waals surface area contributed by atoms with Crippen molar-refractivity contribution in [2.24, 2.45) is 0 Å². The second kappa shape index (κ2) is 9.42. The molecule has 0 aromatic heterocycles. The summed E-state index contributed by atoms with van der Waals surface area (Å²) in [6.45, 7) is 3.92. The SMILES string of the molecule is COc1ccc(N2CCC(NC(=O)CCCN3C(=O)c4ccc(C)cc4C3=O)CC2)cc1. The van der Waals surface area contributed by atoms with Crippen molar-refractivity contribution in [3.8, 4) is 5.75 Å². The van der Waals surface area contributed by atoms with Crippen LogP contribution in [0.4, 0.5) is 5.69 Å². The number of nitrogens with zero attached hydrogens (tertiary/aromatic N) is 2. The minimum atomic E-state index is -0.267. The molecule has 2 aromatic rings. The number of carbonyl (C=O) groups excluding carboxylic acids is 3. The molecule has 0 saturated carbocycles. The third-order valence-corrected chi connectivity index (χ3v) is 6.21. The number of methoxy groups -OCH3 is 1. The first-order valence-corrected chi connectivity index (χ1v) is 11.1. The number of rotatable bonds is 7. The van der Waals surface area contributed by atoms with E-state index in [1.807, 2.05) is 25.1 Å². The number of nitrogens with one attached hydrogen (secondary N) is 1. The van der Waals surface area contributed by atoms with E-state index in [-0.39, 0.29) is 30.3 Å². The van der Waals surface area contributed by atoms with Gasteiger partial charge >= 0.3 is 0 Å². The fourth-order valence-corrected chi connectivity index (χ4v) is 4.38. The summed E-state index contributed by atoms with van der Waals surface area (Å²) < 4.78 is 5.21. The Balaban J connectivity index is 1.20. The number of benzene rings is 2. The van der Waals surface area contributed by atoms with Gasteiger partial charge < -0.3 is 15.0 Å².